The average molecular weight is 281 g/mol. The Morgan fingerprint density at radius 3 is 2.50 bits per heavy atom. The molecule has 0 saturated carbocycles. The molecule has 0 atom stereocenters. The fraction of sp³-hybridized carbons (Fsp3) is 0.647. The maximum absolute atomic E-state index is 13.9. The van der Waals surface area contributed by atoms with Crippen LogP contribution in [0, 0.1) is 17.2 Å². The third-order valence-electron chi connectivity index (χ3n) is 2.99. The summed E-state index contributed by atoms with van der Waals surface area (Å²) < 4.78 is 19.4. The van der Waals surface area contributed by atoms with Gasteiger partial charge in [0.05, 0.1) is 6.61 Å². The molecule has 0 bridgehead atoms. The summed E-state index contributed by atoms with van der Waals surface area (Å²) in [6.07, 6.45) is 0.907. The number of hydrogen-bond donors (Lipinski definition) is 1. The Morgan fingerprint density at radius 2 is 1.95 bits per heavy atom. The molecule has 0 aromatic heterocycles. The Bertz CT molecular complexity index is 410. The lowest BCUT2D eigenvalue weighted by Crippen LogP contribution is -2.19. The van der Waals surface area contributed by atoms with Crippen molar-refractivity contribution >= 4 is 0 Å². The lowest BCUT2D eigenvalue weighted by Gasteiger charge is -2.18. The molecule has 2 nitrogen and oxygen atoms in total. The van der Waals surface area contributed by atoms with Crippen molar-refractivity contribution in [3.63, 3.8) is 0 Å². The third kappa shape index (κ3) is 6.90. The molecule has 0 unspecified atom stereocenters. The van der Waals surface area contributed by atoms with Crippen LogP contribution >= 0.6 is 0 Å². The van der Waals surface area contributed by atoms with E-state index in [1.807, 2.05) is 6.07 Å². The highest BCUT2D eigenvalue weighted by Crippen LogP contribution is 2.22. The first kappa shape index (κ1) is 17.0. The van der Waals surface area contributed by atoms with Crippen LogP contribution in [0.5, 0.6) is 5.75 Å². The number of nitrogens with one attached hydrogen (secondary N) is 1. The molecular formula is C17H28FNO. The van der Waals surface area contributed by atoms with Gasteiger partial charge in [-0.2, -0.15) is 0 Å². The lowest BCUT2D eigenvalue weighted by molar-refractivity contribution is 0.235. The molecule has 1 aromatic rings. The van der Waals surface area contributed by atoms with E-state index < -0.39 is 0 Å². The Hall–Kier alpha value is -1.09. The van der Waals surface area contributed by atoms with Crippen molar-refractivity contribution in [1.82, 2.24) is 5.32 Å². The highest BCUT2D eigenvalue weighted by molar-refractivity contribution is 5.29. The van der Waals surface area contributed by atoms with Gasteiger partial charge in [0.1, 0.15) is 0 Å². The first-order chi connectivity index (χ1) is 9.28. The van der Waals surface area contributed by atoms with E-state index in [4.69, 9.17) is 4.74 Å². The Labute approximate surface area is 122 Å². The standard InChI is InChI=1S/C17H28FNO/c1-13(2)11-19-12-14-6-7-16(15(18)10-14)20-9-8-17(3,4)5/h6-7,10,13,19H,8-9,11-12H2,1-5H3. The van der Waals surface area contributed by atoms with E-state index in [9.17, 15) is 4.39 Å². The van der Waals surface area contributed by atoms with Gasteiger partial charge in [0.15, 0.2) is 11.6 Å². The predicted molar refractivity (Wildman–Crippen MR) is 82.5 cm³/mol. The zero-order valence-corrected chi connectivity index (χ0v) is 13.4. The number of benzene rings is 1. The van der Waals surface area contributed by atoms with Crippen LogP contribution < -0.4 is 10.1 Å². The zero-order chi connectivity index (χ0) is 15.2. The summed E-state index contributed by atoms with van der Waals surface area (Å²) in [6.45, 7) is 12.9. The summed E-state index contributed by atoms with van der Waals surface area (Å²) in [5, 5.41) is 3.30. The molecule has 20 heavy (non-hydrogen) atoms. The SMILES string of the molecule is CC(C)CNCc1ccc(OCCC(C)(C)C)c(F)c1. The van der Waals surface area contributed by atoms with Gasteiger partial charge in [0.2, 0.25) is 0 Å². The van der Waals surface area contributed by atoms with Crippen molar-refractivity contribution in [3.8, 4) is 5.75 Å². The van der Waals surface area contributed by atoms with E-state index >= 15 is 0 Å². The molecule has 1 rings (SSSR count). The number of ether oxygens (including phenoxy) is 1. The molecule has 0 heterocycles. The van der Waals surface area contributed by atoms with E-state index in [0.717, 1.165) is 18.5 Å². The molecule has 0 amide bonds. The first-order valence-electron chi connectivity index (χ1n) is 7.40. The fourth-order valence-corrected chi connectivity index (χ4v) is 1.74. The largest absolute Gasteiger partial charge is 0.490 e. The smallest absolute Gasteiger partial charge is 0.165 e. The van der Waals surface area contributed by atoms with Crippen LogP contribution in [0.2, 0.25) is 0 Å². The predicted octanol–water partition coefficient (Wildman–Crippen LogP) is 4.39. The molecule has 0 spiro atoms. The van der Waals surface area contributed by atoms with Gasteiger partial charge < -0.3 is 10.1 Å². The molecule has 0 fully saturated rings. The minimum absolute atomic E-state index is 0.206. The van der Waals surface area contributed by atoms with Crippen molar-refractivity contribution < 1.29 is 9.13 Å². The van der Waals surface area contributed by atoms with Gasteiger partial charge in [0, 0.05) is 6.54 Å². The molecule has 0 aliphatic rings. The summed E-state index contributed by atoms with van der Waals surface area (Å²) in [5.74, 6) is 0.671. The van der Waals surface area contributed by atoms with Gasteiger partial charge in [-0.05, 0) is 42.0 Å². The van der Waals surface area contributed by atoms with E-state index in [1.165, 1.54) is 0 Å². The third-order valence-corrected chi connectivity index (χ3v) is 2.99. The molecule has 0 radical (unpaired) electrons. The Kier molecular flexibility index (Phi) is 6.47. The molecule has 0 aliphatic carbocycles. The lowest BCUT2D eigenvalue weighted by atomic mass is 9.93. The van der Waals surface area contributed by atoms with Gasteiger partial charge >= 0.3 is 0 Å². The molecule has 0 aliphatic heterocycles. The molecular weight excluding hydrogens is 253 g/mol. The Balaban J connectivity index is 2.47. The highest BCUT2D eigenvalue weighted by atomic mass is 19.1. The minimum Gasteiger partial charge on any atom is -0.490 e. The van der Waals surface area contributed by atoms with E-state index in [-0.39, 0.29) is 11.2 Å². The van der Waals surface area contributed by atoms with E-state index in [0.29, 0.717) is 24.8 Å². The minimum atomic E-state index is -0.275. The second kappa shape index (κ2) is 7.63. The van der Waals surface area contributed by atoms with Crippen LogP contribution in [0.4, 0.5) is 4.39 Å². The summed E-state index contributed by atoms with van der Waals surface area (Å²) >= 11 is 0. The summed E-state index contributed by atoms with van der Waals surface area (Å²) in [4.78, 5) is 0. The van der Waals surface area contributed by atoms with Crippen molar-refractivity contribution in [3.05, 3.63) is 29.6 Å². The second-order valence-corrected chi connectivity index (χ2v) is 6.95. The normalized spacial score (nSPS) is 11.9. The highest BCUT2D eigenvalue weighted by Gasteiger charge is 2.11. The summed E-state index contributed by atoms with van der Waals surface area (Å²) in [5.41, 5.74) is 1.16. The summed E-state index contributed by atoms with van der Waals surface area (Å²) in [6, 6.07) is 5.20. The fourth-order valence-electron chi connectivity index (χ4n) is 1.74. The number of hydrogen-bond acceptors (Lipinski definition) is 2. The van der Waals surface area contributed by atoms with Gasteiger partial charge in [-0.1, -0.05) is 40.7 Å². The van der Waals surface area contributed by atoms with Crippen molar-refractivity contribution in [1.29, 1.82) is 0 Å². The van der Waals surface area contributed by atoms with Crippen LogP contribution in [0.1, 0.15) is 46.6 Å². The topological polar surface area (TPSA) is 21.3 Å². The van der Waals surface area contributed by atoms with Crippen LogP contribution in [0.15, 0.2) is 18.2 Å². The maximum atomic E-state index is 13.9. The van der Waals surface area contributed by atoms with E-state index in [1.54, 1.807) is 12.1 Å². The van der Waals surface area contributed by atoms with Crippen LogP contribution in [-0.2, 0) is 6.54 Å². The molecule has 114 valence electrons. The molecule has 1 N–H and O–H groups in total. The van der Waals surface area contributed by atoms with Gasteiger partial charge in [-0.15, -0.1) is 0 Å². The van der Waals surface area contributed by atoms with E-state index in [2.05, 4.69) is 39.9 Å². The maximum Gasteiger partial charge on any atom is 0.165 e. The van der Waals surface area contributed by atoms with Crippen molar-refractivity contribution in [2.45, 2.75) is 47.6 Å². The van der Waals surface area contributed by atoms with Crippen molar-refractivity contribution in [2.75, 3.05) is 13.2 Å². The molecule has 1 aromatic carbocycles. The van der Waals surface area contributed by atoms with Crippen LogP contribution in [-0.4, -0.2) is 13.2 Å². The summed E-state index contributed by atoms with van der Waals surface area (Å²) in [7, 11) is 0. The monoisotopic (exact) mass is 281 g/mol. The van der Waals surface area contributed by atoms with Gasteiger partial charge in [-0.25, -0.2) is 4.39 Å². The molecule has 0 saturated heterocycles. The van der Waals surface area contributed by atoms with Crippen LogP contribution in [0.3, 0.4) is 0 Å². The van der Waals surface area contributed by atoms with Gasteiger partial charge in [-0.3, -0.25) is 0 Å². The van der Waals surface area contributed by atoms with Crippen LogP contribution in [0.25, 0.3) is 0 Å². The average Bonchev–Trinajstić information content (AvgIpc) is 2.30. The second-order valence-electron chi connectivity index (χ2n) is 6.95. The molecule has 3 heteroatoms. The number of rotatable bonds is 7. The van der Waals surface area contributed by atoms with Crippen molar-refractivity contribution in [2.24, 2.45) is 11.3 Å². The Morgan fingerprint density at radius 1 is 1.25 bits per heavy atom. The first-order valence-corrected chi connectivity index (χ1v) is 7.40. The quantitative estimate of drug-likeness (QED) is 0.800. The van der Waals surface area contributed by atoms with Gasteiger partial charge in [0.25, 0.3) is 0 Å². The number of halogens is 1. The zero-order valence-electron chi connectivity index (χ0n) is 13.4.